The molecule has 0 radical (unpaired) electrons. The van der Waals surface area contributed by atoms with E-state index in [1.54, 1.807) is 30.2 Å². The van der Waals surface area contributed by atoms with E-state index in [2.05, 4.69) is 0 Å². The fourth-order valence-electron chi connectivity index (χ4n) is 2.39. The Bertz CT molecular complexity index is 496. The summed E-state index contributed by atoms with van der Waals surface area (Å²) in [6.07, 6.45) is 1.88. The van der Waals surface area contributed by atoms with Crippen molar-refractivity contribution in [3.8, 4) is 5.75 Å². The number of rotatable bonds is 5. The van der Waals surface area contributed by atoms with Gasteiger partial charge in [0.15, 0.2) is 0 Å². The van der Waals surface area contributed by atoms with Crippen LogP contribution in [0.4, 0.5) is 0 Å². The van der Waals surface area contributed by atoms with Gasteiger partial charge in [0.1, 0.15) is 12.4 Å². The first kappa shape index (κ1) is 16.1. The number of halogens is 1. The topological polar surface area (TPSA) is 64.8 Å². The van der Waals surface area contributed by atoms with Gasteiger partial charge in [-0.05, 0) is 31.0 Å². The molecule has 1 aromatic rings. The lowest BCUT2D eigenvalue weighted by atomic mass is 10.0. The van der Waals surface area contributed by atoms with Gasteiger partial charge >= 0.3 is 0 Å². The van der Waals surface area contributed by atoms with Crippen molar-refractivity contribution in [2.45, 2.75) is 18.9 Å². The third-order valence-electron chi connectivity index (χ3n) is 3.46. The molecule has 116 valence electrons. The second-order valence-electron chi connectivity index (χ2n) is 5.14. The van der Waals surface area contributed by atoms with Crippen LogP contribution in [0.2, 0.25) is 5.02 Å². The largest absolute Gasteiger partial charge is 0.490 e. The number of ether oxygens (including phenoxy) is 2. The first-order valence-electron chi connectivity index (χ1n) is 7.08. The summed E-state index contributed by atoms with van der Waals surface area (Å²) in [5.41, 5.74) is 6.42. The average molecular weight is 313 g/mol. The van der Waals surface area contributed by atoms with Crippen molar-refractivity contribution in [1.29, 1.82) is 0 Å². The Balaban J connectivity index is 2.15. The van der Waals surface area contributed by atoms with Gasteiger partial charge in [0, 0.05) is 31.3 Å². The number of hydrogen-bond acceptors (Lipinski definition) is 4. The van der Waals surface area contributed by atoms with Crippen molar-refractivity contribution in [3.63, 3.8) is 0 Å². The van der Waals surface area contributed by atoms with E-state index in [0.29, 0.717) is 36.1 Å². The van der Waals surface area contributed by atoms with Gasteiger partial charge in [0.05, 0.1) is 12.2 Å². The SMILES string of the molecule is COCCOc1ccc(Cl)cc1C(=O)N1CCC[C@H](N)C1. The van der Waals surface area contributed by atoms with E-state index >= 15 is 0 Å². The minimum absolute atomic E-state index is 0.0414. The van der Waals surface area contributed by atoms with Gasteiger partial charge in [-0.3, -0.25) is 4.79 Å². The summed E-state index contributed by atoms with van der Waals surface area (Å²) >= 11 is 6.01. The number of benzene rings is 1. The van der Waals surface area contributed by atoms with Crippen LogP contribution in [-0.4, -0.2) is 50.3 Å². The molecule has 1 aliphatic heterocycles. The third kappa shape index (κ3) is 4.33. The molecule has 0 bridgehead atoms. The monoisotopic (exact) mass is 312 g/mol. The molecule has 1 saturated heterocycles. The minimum atomic E-state index is -0.0833. The summed E-state index contributed by atoms with van der Waals surface area (Å²) in [5, 5.41) is 0.513. The molecule has 6 heteroatoms. The molecule has 1 aliphatic rings. The smallest absolute Gasteiger partial charge is 0.257 e. The number of nitrogens with two attached hydrogens (primary N) is 1. The second kappa shape index (κ2) is 7.64. The molecule has 0 aliphatic carbocycles. The van der Waals surface area contributed by atoms with Crippen LogP contribution < -0.4 is 10.5 Å². The Labute approximate surface area is 130 Å². The van der Waals surface area contributed by atoms with Crippen molar-refractivity contribution in [3.05, 3.63) is 28.8 Å². The fourth-order valence-corrected chi connectivity index (χ4v) is 2.57. The van der Waals surface area contributed by atoms with Gasteiger partial charge < -0.3 is 20.1 Å². The Morgan fingerprint density at radius 3 is 3.00 bits per heavy atom. The standard InChI is InChI=1S/C15H21ClN2O3/c1-20-7-8-21-14-5-4-11(16)9-13(14)15(19)18-6-2-3-12(17)10-18/h4-5,9,12H,2-3,6-8,10,17H2,1H3/t12-/m0/s1. The molecule has 0 saturated carbocycles. The zero-order valence-corrected chi connectivity index (χ0v) is 12.9. The van der Waals surface area contributed by atoms with E-state index < -0.39 is 0 Å². The first-order chi connectivity index (χ1) is 10.1. The van der Waals surface area contributed by atoms with Gasteiger partial charge in [0.25, 0.3) is 5.91 Å². The van der Waals surface area contributed by atoms with Crippen molar-refractivity contribution < 1.29 is 14.3 Å². The molecule has 1 fully saturated rings. The van der Waals surface area contributed by atoms with Crippen LogP contribution >= 0.6 is 11.6 Å². The average Bonchev–Trinajstić information content (AvgIpc) is 2.48. The summed E-state index contributed by atoms with van der Waals surface area (Å²) in [6.45, 7) is 2.14. The number of likely N-dealkylation sites (tertiary alicyclic amines) is 1. The Hall–Kier alpha value is -1.30. The minimum Gasteiger partial charge on any atom is -0.490 e. The second-order valence-corrected chi connectivity index (χ2v) is 5.57. The summed E-state index contributed by atoms with van der Waals surface area (Å²) in [7, 11) is 1.60. The van der Waals surface area contributed by atoms with Crippen LogP contribution in [0, 0.1) is 0 Å². The molecule has 0 spiro atoms. The highest BCUT2D eigenvalue weighted by Crippen LogP contribution is 2.25. The van der Waals surface area contributed by atoms with Gasteiger partial charge in [-0.15, -0.1) is 0 Å². The number of nitrogens with zero attached hydrogens (tertiary/aromatic N) is 1. The Morgan fingerprint density at radius 1 is 1.48 bits per heavy atom. The normalized spacial score (nSPS) is 18.6. The van der Waals surface area contributed by atoms with Gasteiger partial charge in [-0.25, -0.2) is 0 Å². The molecule has 1 atom stereocenters. The molecular weight excluding hydrogens is 292 g/mol. The lowest BCUT2D eigenvalue weighted by Gasteiger charge is -2.31. The predicted molar refractivity (Wildman–Crippen MR) is 81.9 cm³/mol. The maximum Gasteiger partial charge on any atom is 0.257 e. The molecule has 0 unspecified atom stereocenters. The highest BCUT2D eigenvalue weighted by atomic mass is 35.5. The van der Waals surface area contributed by atoms with Crippen LogP contribution in [-0.2, 0) is 4.74 Å². The van der Waals surface area contributed by atoms with Crippen molar-refractivity contribution in [2.24, 2.45) is 5.73 Å². The summed E-state index contributed by atoms with van der Waals surface area (Å²) in [6, 6.07) is 5.11. The number of carbonyl (C=O) groups is 1. The molecule has 2 N–H and O–H groups in total. The van der Waals surface area contributed by atoms with Crippen LogP contribution in [0.15, 0.2) is 18.2 Å². The van der Waals surface area contributed by atoms with E-state index in [0.717, 1.165) is 19.4 Å². The lowest BCUT2D eigenvalue weighted by Crippen LogP contribution is -2.45. The van der Waals surface area contributed by atoms with Crippen LogP contribution in [0.3, 0.4) is 0 Å². The van der Waals surface area contributed by atoms with Crippen LogP contribution in [0.1, 0.15) is 23.2 Å². The molecule has 2 rings (SSSR count). The predicted octanol–water partition coefficient (Wildman–Crippen LogP) is 1.93. The molecule has 0 aromatic heterocycles. The first-order valence-corrected chi connectivity index (χ1v) is 7.45. The number of piperidine rings is 1. The Morgan fingerprint density at radius 2 is 2.29 bits per heavy atom. The zero-order chi connectivity index (χ0) is 15.2. The molecule has 21 heavy (non-hydrogen) atoms. The molecule has 1 heterocycles. The van der Waals surface area contributed by atoms with Crippen molar-refractivity contribution in [2.75, 3.05) is 33.4 Å². The number of carbonyl (C=O) groups excluding carboxylic acids is 1. The highest BCUT2D eigenvalue weighted by molar-refractivity contribution is 6.31. The lowest BCUT2D eigenvalue weighted by molar-refractivity contribution is 0.0702. The summed E-state index contributed by atoms with van der Waals surface area (Å²) < 4.78 is 10.6. The van der Waals surface area contributed by atoms with Gasteiger partial charge in [0.2, 0.25) is 0 Å². The fraction of sp³-hybridized carbons (Fsp3) is 0.533. The maximum atomic E-state index is 12.7. The van der Waals surface area contributed by atoms with E-state index in [9.17, 15) is 4.79 Å². The van der Waals surface area contributed by atoms with E-state index in [1.807, 2.05) is 0 Å². The van der Waals surface area contributed by atoms with Crippen LogP contribution in [0.5, 0.6) is 5.75 Å². The quantitative estimate of drug-likeness (QED) is 0.844. The number of hydrogen-bond donors (Lipinski definition) is 1. The van der Waals surface area contributed by atoms with Gasteiger partial charge in [-0.1, -0.05) is 11.6 Å². The third-order valence-corrected chi connectivity index (χ3v) is 3.70. The van der Waals surface area contributed by atoms with E-state index in [4.69, 9.17) is 26.8 Å². The van der Waals surface area contributed by atoms with Crippen molar-refractivity contribution in [1.82, 2.24) is 4.90 Å². The molecule has 1 amide bonds. The Kier molecular flexibility index (Phi) is 5.85. The molecule has 5 nitrogen and oxygen atoms in total. The van der Waals surface area contributed by atoms with Gasteiger partial charge in [-0.2, -0.15) is 0 Å². The van der Waals surface area contributed by atoms with Crippen LogP contribution in [0.25, 0.3) is 0 Å². The summed E-state index contributed by atoms with van der Waals surface area (Å²) in [5.74, 6) is 0.445. The van der Waals surface area contributed by atoms with Crippen molar-refractivity contribution >= 4 is 17.5 Å². The summed E-state index contributed by atoms with van der Waals surface area (Å²) in [4.78, 5) is 14.4. The van der Waals surface area contributed by atoms with E-state index in [1.165, 1.54) is 0 Å². The number of methoxy groups -OCH3 is 1. The number of amides is 1. The molecule has 1 aromatic carbocycles. The maximum absolute atomic E-state index is 12.7. The highest BCUT2D eigenvalue weighted by Gasteiger charge is 2.24. The molecular formula is C15H21ClN2O3. The zero-order valence-electron chi connectivity index (χ0n) is 12.2. The van der Waals surface area contributed by atoms with E-state index in [-0.39, 0.29) is 11.9 Å².